The van der Waals surface area contributed by atoms with Crippen LogP contribution in [-0.4, -0.2) is 46.3 Å². The molecule has 0 bridgehead atoms. The number of rotatable bonds is 6. The first-order valence-electron chi connectivity index (χ1n) is 8.75. The number of carbonyl (C=O) groups excluding carboxylic acids is 1. The van der Waals surface area contributed by atoms with Crippen molar-refractivity contribution in [2.75, 3.05) is 19.6 Å². The van der Waals surface area contributed by atoms with E-state index in [1.54, 1.807) is 0 Å². The number of nitrogens with zero attached hydrogens (tertiary/aromatic N) is 4. The molecule has 1 aliphatic heterocycles. The van der Waals surface area contributed by atoms with Crippen molar-refractivity contribution >= 4 is 35.8 Å². The minimum Gasteiger partial charge on any atom is -0.357 e. The fourth-order valence-electron chi connectivity index (χ4n) is 2.64. The molecule has 0 aliphatic carbocycles. The van der Waals surface area contributed by atoms with Crippen molar-refractivity contribution in [2.24, 2.45) is 10.9 Å². The molecule has 1 aliphatic rings. The fraction of sp³-hybridized carbons (Fsp3) is 0.750. The van der Waals surface area contributed by atoms with Crippen LogP contribution in [0.1, 0.15) is 51.3 Å². The highest BCUT2D eigenvalue weighted by molar-refractivity contribution is 14.0. The molecule has 0 spiro atoms. The molecule has 1 atom stereocenters. The fourth-order valence-corrected chi connectivity index (χ4v) is 2.64. The zero-order valence-electron chi connectivity index (χ0n) is 15.5. The van der Waals surface area contributed by atoms with Gasteiger partial charge in [-0.15, -0.1) is 24.0 Å². The molecule has 0 radical (unpaired) electrons. The van der Waals surface area contributed by atoms with E-state index in [0.717, 1.165) is 43.5 Å². The molecule has 9 heteroatoms. The van der Waals surface area contributed by atoms with Crippen molar-refractivity contribution in [3.63, 3.8) is 0 Å². The maximum absolute atomic E-state index is 11.6. The van der Waals surface area contributed by atoms with E-state index in [-0.39, 0.29) is 41.8 Å². The van der Waals surface area contributed by atoms with Crippen LogP contribution in [0.15, 0.2) is 4.99 Å². The summed E-state index contributed by atoms with van der Waals surface area (Å²) in [5.41, 5.74) is 0. The van der Waals surface area contributed by atoms with Crippen LogP contribution >= 0.6 is 24.0 Å². The lowest BCUT2D eigenvalue weighted by Crippen LogP contribution is -2.42. The Labute approximate surface area is 166 Å². The van der Waals surface area contributed by atoms with Gasteiger partial charge in [0.05, 0.1) is 12.6 Å². The Morgan fingerprint density at radius 2 is 2.16 bits per heavy atom. The van der Waals surface area contributed by atoms with E-state index in [0.29, 0.717) is 13.1 Å². The van der Waals surface area contributed by atoms with Crippen molar-refractivity contribution in [3.8, 4) is 0 Å². The summed E-state index contributed by atoms with van der Waals surface area (Å²) in [5, 5.41) is 14.0. The highest BCUT2D eigenvalue weighted by atomic mass is 127. The molecule has 3 N–H and O–H groups in total. The summed E-state index contributed by atoms with van der Waals surface area (Å²) in [7, 11) is 0. The third-order valence-electron chi connectivity index (χ3n) is 3.84. The van der Waals surface area contributed by atoms with E-state index in [4.69, 9.17) is 0 Å². The van der Waals surface area contributed by atoms with Crippen LogP contribution in [0.25, 0.3) is 0 Å². The first-order valence-corrected chi connectivity index (χ1v) is 8.75. The lowest BCUT2D eigenvalue weighted by atomic mass is 10.1. The Balaban J connectivity index is 0.00000312. The summed E-state index contributed by atoms with van der Waals surface area (Å²) in [6.45, 7) is 10.5. The second-order valence-corrected chi connectivity index (χ2v) is 6.29. The number of amides is 1. The third kappa shape index (κ3) is 6.44. The van der Waals surface area contributed by atoms with E-state index < -0.39 is 0 Å². The maximum atomic E-state index is 11.6. The lowest BCUT2D eigenvalue weighted by Gasteiger charge is -2.25. The molecule has 142 valence electrons. The van der Waals surface area contributed by atoms with Crippen LogP contribution in [0, 0.1) is 12.8 Å². The van der Waals surface area contributed by atoms with E-state index in [1.807, 2.05) is 32.4 Å². The number of fused-ring (bicyclic) bond motifs is 1. The quantitative estimate of drug-likeness (QED) is 0.256. The minimum atomic E-state index is -0.00261. The van der Waals surface area contributed by atoms with Crippen molar-refractivity contribution < 1.29 is 4.79 Å². The van der Waals surface area contributed by atoms with Crippen molar-refractivity contribution in [1.29, 1.82) is 0 Å². The molecule has 2 heterocycles. The van der Waals surface area contributed by atoms with Gasteiger partial charge in [-0.25, -0.2) is 9.67 Å². The van der Waals surface area contributed by atoms with Gasteiger partial charge in [0.15, 0.2) is 5.96 Å². The van der Waals surface area contributed by atoms with Gasteiger partial charge in [-0.05, 0) is 26.7 Å². The molecular formula is C16H30IN7O. The average molecular weight is 463 g/mol. The summed E-state index contributed by atoms with van der Waals surface area (Å²) >= 11 is 0. The molecule has 25 heavy (non-hydrogen) atoms. The van der Waals surface area contributed by atoms with Gasteiger partial charge in [-0.1, -0.05) is 13.8 Å². The number of aromatic nitrogens is 3. The zero-order chi connectivity index (χ0) is 17.5. The largest absolute Gasteiger partial charge is 0.357 e. The molecule has 1 aromatic rings. The second-order valence-electron chi connectivity index (χ2n) is 6.29. The summed E-state index contributed by atoms with van der Waals surface area (Å²) in [5.74, 6) is 2.57. The number of aliphatic imine (C=N–C) groups is 1. The third-order valence-corrected chi connectivity index (χ3v) is 3.84. The number of carbonyl (C=O) groups is 1. The average Bonchev–Trinajstić information content (AvgIpc) is 2.92. The van der Waals surface area contributed by atoms with Crippen molar-refractivity contribution in [3.05, 3.63) is 11.6 Å². The first-order chi connectivity index (χ1) is 11.5. The highest BCUT2D eigenvalue weighted by Gasteiger charge is 2.24. The Hall–Kier alpha value is -1.39. The summed E-state index contributed by atoms with van der Waals surface area (Å²) in [6, 6.07) is 0.114. The van der Waals surface area contributed by atoms with Gasteiger partial charge in [-0.3, -0.25) is 9.79 Å². The molecular weight excluding hydrogens is 433 g/mol. The predicted octanol–water partition coefficient (Wildman–Crippen LogP) is 1.37. The van der Waals surface area contributed by atoms with Gasteiger partial charge in [0.2, 0.25) is 5.91 Å². The van der Waals surface area contributed by atoms with Crippen LogP contribution in [0.5, 0.6) is 0 Å². The van der Waals surface area contributed by atoms with Crippen LogP contribution in [0.3, 0.4) is 0 Å². The molecule has 0 fully saturated rings. The summed E-state index contributed by atoms with van der Waals surface area (Å²) in [6.07, 6.45) is 2.07. The second kappa shape index (κ2) is 10.6. The Morgan fingerprint density at radius 1 is 1.40 bits per heavy atom. The molecule has 0 saturated carbocycles. The Morgan fingerprint density at radius 3 is 2.84 bits per heavy atom. The number of aryl methyl sites for hydroxylation is 2. The smallest absolute Gasteiger partial charge is 0.222 e. The van der Waals surface area contributed by atoms with E-state index in [2.05, 4.69) is 31.0 Å². The van der Waals surface area contributed by atoms with Crippen LogP contribution in [0.2, 0.25) is 0 Å². The van der Waals surface area contributed by atoms with E-state index in [1.165, 1.54) is 0 Å². The minimum absolute atomic E-state index is 0. The van der Waals surface area contributed by atoms with Crippen molar-refractivity contribution in [1.82, 2.24) is 30.7 Å². The van der Waals surface area contributed by atoms with E-state index in [9.17, 15) is 4.79 Å². The lowest BCUT2D eigenvalue weighted by molar-refractivity contribution is -0.123. The van der Waals surface area contributed by atoms with Crippen molar-refractivity contribution in [2.45, 2.75) is 53.1 Å². The monoisotopic (exact) mass is 463 g/mol. The maximum Gasteiger partial charge on any atom is 0.222 e. The Kier molecular flexibility index (Phi) is 9.15. The van der Waals surface area contributed by atoms with Gasteiger partial charge >= 0.3 is 0 Å². The Bertz CT molecular complexity index is 585. The standard InChI is InChI=1S/C16H29N7O.HI/c1-5-17-16(19-9-8-18-15(24)11(2)3)21-13-7-6-10-23-14(13)20-12(4)22-23;/h11,13H,5-10H2,1-4H3,(H,18,24)(H2,17,19,21);1H. The molecule has 0 aromatic carbocycles. The molecule has 0 saturated heterocycles. The number of guanidine groups is 1. The van der Waals surface area contributed by atoms with Gasteiger partial charge in [0.1, 0.15) is 11.6 Å². The van der Waals surface area contributed by atoms with Gasteiger partial charge in [0.25, 0.3) is 0 Å². The van der Waals surface area contributed by atoms with Crippen LogP contribution in [-0.2, 0) is 11.3 Å². The van der Waals surface area contributed by atoms with Gasteiger partial charge in [-0.2, -0.15) is 5.10 Å². The highest BCUT2D eigenvalue weighted by Crippen LogP contribution is 2.22. The summed E-state index contributed by atoms with van der Waals surface area (Å²) in [4.78, 5) is 20.6. The summed E-state index contributed by atoms with van der Waals surface area (Å²) < 4.78 is 1.98. The number of halogens is 1. The molecule has 8 nitrogen and oxygen atoms in total. The molecule has 1 unspecified atom stereocenters. The number of hydrogen-bond donors (Lipinski definition) is 3. The van der Waals surface area contributed by atoms with Gasteiger partial charge < -0.3 is 16.0 Å². The van der Waals surface area contributed by atoms with Crippen LogP contribution < -0.4 is 16.0 Å². The molecule has 2 rings (SSSR count). The van der Waals surface area contributed by atoms with Crippen LogP contribution in [0.4, 0.5) is 0 Å². The SMILES string of the molecule is CCNC(=NCCNC(=O)C(C)C)NC1CCCn2nc(C)nc21.I. The normalized spacial score (nSPS) is 16.8. The predicted molar refractivity (Wildman–Crippen MR) is 109 cm³/mol. The number of nitrogens with one attached hydrogen (secondary N) is 3. The number of hydrogen-bond acceptors (Lipinski definition) is 4. The first kappa shape index (κ1) is 21.7. The van der Waals surface area contributed by atoms with E-state index >= 15 is 0 Å². The zero-order valence-corrected chi connectivity index (χ0v) is 17.8. The molecule has 1 amide bonds. The van der Waals surface area contributed by atoms with Gasteiger partial charge in [0, 0.05) is 25.6 Å². The topological polar surface area (TPSA) is 96.2 Å². The molecule has 1 aromatic heterocycles.